The van der Waals surface area contributed by atoms with Gasteiger partial charge in [0.15, 0.2) is 0 Å². The number of nitrogen functional groups attached to an aromatic ring is 1. The van der Waals surface area contributed by atoms with Gasteiger partial charge in [-0.2, -0.15) is 13.2 Å². The molecular weight excluding hydrogens is 243 g/mol. The van der Waals surface area contributed by atoms with Gasteiger partial charge in [-0.1, -0.05) is 19.4 Å². The Morgan fingerprint density at radius 3 is 2.56 bits per heavy atom. The third-order valence-corrected chi connectivity index (χ3v) is 2.61. The monoisotopic (exact) mass is 255 g/mol. The highest BCUT2D eigenvalue weighted by Gasteiger charge is 2.30. The summed E-state index contributed by atoms with van der Waals surface area (Å²) < 4.78 is 37.8. The number of anilines is 1. The third kappa shape index (κ3) is 2.37. The van der Waals surface area contributed by atoms with Crippen LogP contribution >= 0.6 is 0 Å². The van der Waals surface area contributed by atoms with Crippen LogP contribution in [0.1, 0.15) is 24.6 Å². The fourth-order valence-electron chi connectivity index (χ4n) is 1.82. The highest BCUT2D eigenvalue weighted by molar-refractivity contribution is 5.82. The molecule has 2 N–H and O–H groups in total. The second kappa shape index (κ2) is 4.44. The average Bonchev–Trinajstić information content (AvgIpc) is 2.27. The van der Waals surface area contributed by atoms with Crippen molar-refractivity contribution in [3.63, 3.8) is 0 Å². The number of nitrogens with zero attached hydrogens (tertiary/aromatic N) is 2. The van der Waals surface area contributed by atoms with Crippen LogP contribution in [0.4, 0.5) is 19.1 Å². The molecule has 0 spiro atoms. The fraction of sp³-hybridized carbons (Fsp3) is 0.333. The van der Waals surface area contributed by atoms with Gasteiger partial charge >= 0.3 is 6.18 Å². The molecule has 2 rings (SSSR count). The van der Waals surface area contributed by atoms with Gasteiger partial charge in [0.1, 0.15) is 0 Å². The maximum Gasteiger partial charge on any atom is 0.416 e. The van der Waals surface area contributed by atoms with E-state index in [9.17, 15) is 13.2 Å². The first-order valence-corrected chi connectivity index (χ1v) is 5.55. The van der Waals surface area contributed by atoms with E-state index in [1.165, 1.54) is 6.07 Å². The molecule has 1 heterocycles. The molecule has 6 heteroatoms. The van der Waals surface area contributed by atoms with Gasteiger partial charge in [0, 0.05) is 5.39 Å². The molecule has 3 nitrogen and oxygen atoms in total. The van der Waals surface area contributed by atoms with E-state index in [1.807, 2.05) is 6.92 Å². The minimum atomic E-state index is -4.38. The summed E-state index contributed by atoms with van der Waals surface area (Å²) in [5.41, 5.74) is 5.71. The molecule has 2 aromatic rings. The van der Waals surface area contributed by atoms with E-state index in [0.29, 0.717) is 17.5 Å². The Kier molecular flexibility index (Phi) is 3.11. The van der Waals surface area contributed by atoms with Crippen LogP contribution in [0.2, 0.25) is 0 Å². The van der Waals surface area contributed by atoms with Crippen LogP contribution in [0.25, 0.3) is 10.9 Å². The Bertz CT molecular complexity index is 579. The molecule has 0 bridgehead atoms. The lowest BCUT2D eigenvalue weighted by atomic mass is 10.1. The van der Waals surface area contributed by atoms with E-state index >= 15 is 0 Å². The smallest absolute Gasteiger partial charge is 0.368 e. The van der Waals surface area contributed by atoms with Gasteiger partial charge < -0.3 is 5.73 Å². The normalized spacial score (nSPS) is 12.0. The van der Waals surface area contributed by atoms with Crippen LogP contribution in [-0.2, 0) is 12.6 Å². The van der Waals surface area contributed by atoms with Crippen molar-refractivity contribution in [3.8, 4) is 0 Å². The lowest BCUT2D eigenvalue weighted by Gasteiger charge is -2.09. The SMILES string of the molecule is CCCc1nc(N)nc2cc(C(F)(F)F)ccc12. The van der Waals surface area contributed by atoms with Gasteiger partial charge in [0.2, 0.25) is 5.95 Å². The van der Waals surface area contributed by atoms with Crippen molar-refractivity contribution in [2.75, 3.05) is 5.73 Å². The van der Waals surface area contributed by atoms with Crippen LogP contribution < -0.4 is 5.73 Å². The van der Waals surface area contributed by atoms with Crippen molar-refractivity contribution in [1.82, 2.24) is 9.97 Å². The Morgan fingerprint density at radius 2 is 1.94 bits per heavy atom. The third-order valence-electron chi connectivity index (χ3n) is 2.61. The molecule has 18 heavy (non-hydrogen) atoms. The Labute approximate surface area is 102 Å². The van der Waals surface area contributed by atoms with Gasteiger partial charge in [-0.25, -0.2) is 9.97 Å². The zero-order valence-corrected chi connectivity index (χ0v) is 9.75. The second-order valence-corrected chi connectivity index (χ2v) is 4.01. The summed E-state index contributed by atoms with van der Waals surface area (Å²) in [6.07, 6.45) is -2.88. The average molecular weight is 255 g/mol. The largest absolute Gasteiger partial charge is 0.416 e. The summed E-state index contributed by atoms with van der Waals surface area (Å²) in [5.74, 6) is 0.00488. The van der Waals surface area contributed by atoms with Crippen molar-refractivity contribution in [2.24, 2.45) is 0 Å². The van der Waals surface area contributed by atoms with Crippen LogP contribution in [0.5, 0.6) is 0 Å². The summed E-state index contributed by atoms with van der Waals surface area (Å²) in [5, 5.41) is 0.624. The maximum atomic E-state index is 12.6. The zero-order chi connectivity index (χ0) is 13.3. The number of aromatic nitrogens is 2. The predicted molar refractivity (Wildman–Crippen MR) is 62.9 cm³/mol. The van der Waals surface area contributed by atoms with Gasteiger partial charge in [0.25, 0.3) is 0 Å². The van der Waals surface area contributed by atoms with Crippen molar-refractivity contribution in [2.45, 2.75) is 25.9 Å². The number of halogens is 3. The minimum absolute atomic E-state index is 0.00488. The molecule has 96 valence electrons. The molecular formula is C12H12F3N3. The number of nitrogens with two attached hydrogens (primary N) is 1. The summed E-state index contributed by atoms with van der Waals surface area (Å²) in [6.45, 7) is 1.97. The molecule has 0 aliphatic carbocycles. The maximum absolute atomic E-state index is 12.6. The van der Waals surface area contributed by atoms with Crippen LogP contribution in [-0.4, -0.2) is 9.97 Å². The molecule has 0 radical (unpaired) electrons. The summed E-state index contributed by atoms with van der Waals surface area (Å²) >= 11 is 0. The molecule has 0 atom stereocenters. The minimum Gasteiger partial charge on any atom is -0.368 e. The topological polar surface area (TPSA) is 51.8 Å². The van der Waals surface area contributed by atoms with E-state index in [2.05, 4.69) is 9.97 Å². The first-order chi connectivity index (χ1) is 8.41. The Balaban J connectivity index is 2.64. The highest BCUT2D eigenvalue weighted by Crippen LogP contribution is 2.31. The first-order valence-electron chi connectivity index (χ1n) is 5.55. The highest BCUT2D eigenvalue weighted by atomic mass is 19.4. The lowest BCUT2D eigenvalue weighted by Crippen LogP contribution is -2.06. The second-order valence-electron chi connectivity index (χ2n) is 4.01. The van der Waals surface area contributed by atoms with Crippen molar-refractivity contribution in [1.29, 1.82) is 0 Å². The van der Waals surface area contributed by atoms with E-state index < -0.39 is 11.7 Å². The molecule has 0 amide bonds. The summed E-state index contributed by atoms with van der Waals surface area (Å²) in [6, 6.07) is 3.45. The van der Waals surface area contributed by atoms with Gasteiger partial charge in [-0.15, -0.1) is 0 Å². The van der Waals surface area contributed by atoms with Crippen molar-refractivity contribution in [3.05, 3.63) is 29.5 Å². The van der Waals surface area contributed by atoms with Crippen molar-refractivity contribution >= 4 is 16.9 Å². The van der Waals surface area contributed by atoms with Crippen LogP contribution in [0.15, 0.2) is 18.2 Å². The number of rotatable bonds is 2. The number of hydrogen-bond donors (Lipinski definition) is 1. The Morgan fingerprint density at radius 1 is 1.22 bits per heavy atom. The molecule has 0 fully saturated rings. The van der Waals surface area contributed by atoms with Gasteiger partial charge in [0.05, 0.1) is 16.8 Å². The van der Waals surface area contributed by atoms with Gasteiger partial charge in [-0.05, 0) is 18.6 Å². The number of aryl methyl sites for hydroxylation is 1. The number of fused-ring (bicyclic) bond motifs is 1. The van der Waals surface area contributed by atoms with E-state index in [1.54, 1.807) is 0 Å². The molecule has 0 aliphatic rings. The fourth-order valence-corrected chi connectivity index (χ4v) is 1.82. The van der Waals surface area contributed by atoms with Crippen LogP contribution in [0, 0.1) is 0 Å². The lowest BCUT2D eigenvalue weighted by molar-refractivity contribution is -0.137. The predicted octanol–water partition coefficient (Wildman–Crippen LogP) is 3.18. The van der Waals surface area contributed by atoms with Gasteiger partial charge in [-0.3, -0.25) is 0 Å². The van der Waals surface area contributed by atoms with Crippen LogP contribution in [0.3, 0.4) is 0 Å². The summed E-state index contributed by atoms with van der Waals surface area (Å²) in [7, 11) is 0. The Hall–Kier alpha value is -1.85. The molecule has 1 aromatic heterocycles. The number of alkyl halides is 3. The molecule has 1 aromatic carbocycles. The standard InChI is InChI=1S/C12H12F3N3/c1-2-3-9-8-5-4-7(12(13,14)15)6-10(8)18-11(16)17-9/h4-6H,2-3H2,1H3,(H2,16,17,18). The quantitative estimate of drug-likeness (QED) is 0.896. The molecule has 0 saturated heterocycles. The van der Waals surface area contributed by atoms with E-state index in [0.717, 1.165) is 18.6 Å². The van der Waals surface area contributed by atoms with Crippen molar-refractivity contribution < 1.29 is 13.2 Å². The molecule has 0 unspecified atom stereocenters. The number of benzene rings is 1. The molecule has 0 saturated carbocycles. The summed E-state index contributed by atoms with van der Waals surface area (Å²) in [4.78, 5) is 7.93. The van der Waals surface area contributed by atoms with E-state index in [-0.39, 0.29) is 11.5 Å². The van der Waals surface area contributed by atoms with E-state index in [4.69, 9.17) is 5.73 Å². The molecule has 0 aliphatic heterocycles. The number of hydrogen-bond acceptors (Lipinski definition) is 3. The zero-order valence-electron chi connectivity index (χ0n) is 9.75. The first kappa shape index (κ1) is 12.6.